The fraction of sp³-hybridized carbons (Fsp3) is 0.647. The fourth-order valence-corrected chi connectivity index (χ4v) is 3.21. The number of rotatable bonds is 5. The summed E-state index contributed by atoms with van der Waals surface area (Å²) in [5.41, 5.74) is 5.67. The van der Waals surface area contributed by atoms with E-state index in [1.807, 2.05) is 0 Å². The average Bonchev–Trinajstić information content (AvgIpc) is 2.85. The molecule has 2 heteroatoms. The van der Waals surface area contributed by atoms with Gasteiger partial charge in [-0.2, -0.15) is 0 Å². The molecule has 106 valence electrons. The molecular weight excluding hydrogens is 232 g/mol. The molecule has 0 radical (unpaired) electrons. The third kappa shape index (κ3) is 3.80. The molecule has 2 rings (SSSR count). The minimum Gasteiger partial charge on any atom is -0.311 e. The summed E-state index contributed by atoms with van der Waals surface area (Å²) in [6.07, 6.45) is 2.75. The Kier molecular flexibility index (Phi) is 5.00. The van der Waals surface area contributed by atoms with Gasteiger partial charge in [0.2, 0.25) is 0 Å². The molecule has 0 bridgehead atoms. The predicted molar refractivity (Wildman–Crippen MR) is 82.6 cm³/mol. The quantitative estimate of drug-likeness (QED) is 0.874. The molecule has 1 heterocycles. The first-order chi connectivity index (χ1) is 9.08. The standard InChI is InChI=1S/C17H28N2/c1-13-9-14(2)17(15(3)10-13)12-18-11-16(4)19-7-5-6-8-19/h9-10,16,18H,5-8,11-12H2,1-4H3. The summed E-state index contributed by atoms with van der Waals surface area (Å²) in [6.45, 7) is 13.6. The monoisotopic (exact) mass is 260 g/mol. The van der Waals surface area contributed by atoms with E-state index in [1.54, 1.807) is 0 Å². The van der Waals surface area contributed by atoms with Crippen LogP contribution in [0, 0.1) is 20.8 Å². The highest BCUT2D eigenvalue weighted by atomic mass is 15.2. The minimum absolute atomic E-state index is 0.661. The molecule has 1 saturated heterocycles. The molecular formula is C17H28N2. The van der Waals surface area contributed by atoms with Gasteiger partial charge in [0.15, 0.2) is 0 Å². The van der Waals surface area contributed by atoms with Crippen LogP contribution in [0.15, 0.2) is 12.1 Å². The van der Waals surface area contributed by atoms with Crippen LogP contribution >= 0.6 is 0 Å². The normalized spacial score (nSPS) is 17.9. The number of hydrogen-bond acceptors (Lipinski definition) is 2. The van der Waals surface area contributed by atoms with Crippen molar-refractivity contribution in [1.82, 2.24) is 10.2 Å². The fourth-order valence-electron chi connectivity index (χ4n) is 3.21. The van der Waals surface area contributed by atoms with Crippen LogP contribution in [-0.4, -0.2) is 30.6 Å². The maximum absolute atomic E-state index is 3.64. The third-order valence-electron chi connectivity index (χ3n) is 4.35. The molecule has 19 heavy (non-hydrogen) atoms. The van der Waals surface area contributed by atoms with Crippen LogP contribution in [-0.2, 0) is 6.54 Å². The van der Waals surface area contributed by atoms with E-state index in [2.05, 4.69) is 50.0 Å². The average molecular weight is 260 g/mol. The second-order valence-corrected chi connectivity index (χ2v) is 6.10. The summed E-state index contributed by atoms with van der Waals surface area (Å²) >= 11 is 0. The van der Waals surface area contributed by atoms with Crippen molar-refractivity contribution in [3.63, 3.8) is 0 Å². The van der Waals surface area contributed by atoms with Crippen LogP contribution in [0.25, 0.3) is 0 Å². The van der Waals surface area contributed by atoms with E-state index < -0.39 is 0 Å². The SMILES string of the molecule is Cc1cc(C)c(CNCC(C)N2CCCC2)c(C)c1. The van der Waals surface area contributed by atoms with Crippen molar-refractivity contribution >= 4 is 0 Å². The summed E-state index contributed by atoms with van der Waals surface area (Å²) in [6, 6.07) is 5.23. The first-order valence-corrected chi connectivity index (χ1v) is 7.59. The number of likely N-dealkylation sites (tertiary alicyclic amines) is 1. The van der Waals surface area contributed by atoms with E-state index in [0.717, 1.165) is 13.1 Å². The summed E-state index contributed by atoms with van der Waals surface area (Å²) in [5, 5.41) is 3.64. The van der Waals surface area contributed by atoms with Gasteiger partial charge in [-0.05, 0) is 70.3 Å². The van der Waals surface area contributed by atoms with Crippen LogP contribution in [0.5, 0.6) is 0 Å². The molecule has 1 aromatic rings. The zero-order valence-corrected chi connectivity index (χ0v) is 12.9. The second-order valence-electron chi connectivity index (χ2n) is 6.10. The Balaban J connectivity index is 1.85. The highest BCUT2D eigenvalue weighted by molar-refractivity contribution is 5.37. The van der Waals surface area contributed by atoms with E-state index in [1.165, 1.54) is 48.2 Å². The molecule has 1 N–H and O–H groups in total. The van der Waals surface area contributed by atoms with Crippen molar-refractivity contribution in [2.45, 2.75) is 53.1 Å². The number of benzene rings is 1. The maximum atomic E-state index is 3.64. The van der Waals surface area contributed by atoms with E-state index in [4.69, 9.17) is 0 Å². The lowest BCUT2D eigenvalue weighted by molar-refractivity contribution is 0.251. The Labute approximate surface area is 118 Å². The Morgan fingerprint density at radius 1 is 1.11 bits per heavy atom. The molecule has 0 spiro atoms. The van der Waals surface area contributed by atoms with Crippen molar-refractivity contribution in [1.29, 1.82) is 0 Å². The first-order valence-electron chi connectivity index (χ1n) is 7.59. The van der Waals surface area contributed by atoms with Crippen molar-refractivity contribution in [3.8, 4) is 0 Å². The first kappa shape index (κ1) is 14.5. The van der Waals surface area contributed by atoms with Crippen molar-refractivity contribution in [2.24, 2.45) is 0 Å². The second kappa shape index (κ2) is 6.53. The predicted octanol–water partition coefficient (Wildman–Crippen LogP) is 3.19. The maximum Gasteiger partial charge on any atom is 0.0211 e. The molecule has 0 amide bonds. The van der Waals surface area contributed by atoms with Gasteiger partial charge in [-0.3, -0.25) is 4.90 Å². The molecule has 1 fully saturated rings. The van der Waals surface area contributed by atoms with Crippen molar-refractivity contribution in [3.05, 3.63) is 34.4 Å². The summed E-state index contributed by atoms with van der Waals surface area (Å²) < 4.78 is 0. The molecule has 0 aliphatic carbocycles. The number of hydrogen-bond donors (Lipinski definition) is 1. The molecule has 1 aromatic carbocycles. The minimum atomic E-state index is 0.661. The molecule has 1 unspecified atom stereocenters. The van der Waals surface area contributed by atoms with Crippen LogP contribution in [0.3, 0.4) is 0 Å². The van der Waals surface area contributed by atoms with Gasteiger partial charge in [-0.25, -0.2) is 0 Å². The molecule has 0 aromatic heterocycles. The van der Waals surface area contributed by atoms with E-state index in [-0.39, 0.29) is 0 Å². The lowest BCUT2D eigenvalue weighted by Gasteiger charge is -2.24. The molecule has 1 aliphatic rings. The molecule has 1 atom stereocenters. The third-order valence-corrected chi connectivity index (χ3v) is 4.35. The lowest BCUT2D eigenvalue weighted by atomic mass is 10.00. The van der Waals surface area contributed by atoms with Crippen molar-refractivity contribution < 1.29 is 0 Å². The number of nitrogens with one attached hydrogen (secondary N) is 1. The largest absolute Gasteiger partial charge is 0.311 e. The highest BCUT2D eigenvalue weighted by Gasteiger charge is 2.17. The van der Waals surface area contributed by atoms with E-state index in [9.17, 15) is 0 Å². The van der Waals surface area contributed by atoms with Gasteiger partial charge in [-0.1, -0.05) is 17.7 Å². The Hall–Kier alpha value is -0.860. The van der Waals surface area contributed by atoms with Gasteiger partial charge >= 0.3 is 0 Å². The van der Waals surface area contributed by atoms with Gasteiger partial charge in [0.1, 0.15) is 0 Å². The van der Waals surface area contributed by atoms with Crippen molar-refractivity contribution in [2.75, 3.05) is 19.6 Å². The summed E-state index contributed by atoms with van der Waals surface area (Å²) in [5.74, 6) is 0. The summed E-state index contributed by atoms with van der Waals surface area (Å²) in [7, 11) is 0. The van der Waals surface area contributed by atoms with E-state index in [0.29, 0.717) is 6.04 Å². The molecule has 1 aliphatic heterocycles. The molecule has 0 saturated carbocycles. The Morgan fingerprint density at radius 2 is 1.68 bits per heavy atom. The van der Waals surface area contributed by atoms with Gasteiger partial charge in [-0.15, -0.1) is 0 Å². The van der Waals surface area contributed by atoms with Crippen LogP contribution in [0.4, 0.5) is 0 Å². The lowest BCUT2D eigenvalue weighted by Crippen LogP contribution is -2.38. The summed E-state index contributed by atoms with van der Waals surface area (Å²) in [4.78, 5) is 2.60. The van der Waals surface area contributed by atoms with Crippen LogP contribution in [0.2, 0.25) is 0 Å². The zero-order chi connectivity index (χ0) is 13.8. The van der Waals surface area contributed by atoms with Gasteiger partial charge < -0.3 is 5.32 Å². The van der Waals surface area contributed by atoms with Gasteiger partial charge in [0.25, 0.3) is 0 Å². The molecule has 2 nitrogen and oxygen atoms in total. The highest BCUT2D eigenvalue weighted by Crippen LogP contribution is 2.16. The van der Waals surface area contributed by atoms with Crippen LogP contribution < -0.4 is 5.32 Å². The van der Waals surface area contributed by atoms with Gasteiger partial charge in [0.05, 0.1) is 0 Å². The van der Waals surface area contributed by atoms with Crippen LogP contribution in [0.1, 0.15) is 42.0 Å². The topological polar surface area (TPSA) is 15.3 Å². The zero-order valence-electron chi connectivity index (χ0n) is 12.9. The Morgan fingerprint density at radius 3 is 2.26 bits per heavy atom. The number of aryl methyl sites for hydroxylation is 3. The number of nitrogens with zero attached hydrogens (tertiary/aromatic N) is 1. The van der Waals surface area contributed by atoms with E-state index >= 15 is 0 Å². The van der Waals surface area contributed by atoms with Gasteiger partial charge in [0, 0.05) is 19.1 Å². The Bertz CT molecular complexity index is 396. The smallest absolute Gasteiger partial charge is 0.0211 e.